The molecule has 0 rings (SSSR count). The van der Waals surface area contributed by atoms with Crippen LogP contribution in [0.25, 0.3) is 0 Å². The van der Waals surface area contributed by atoms with Gasteiger partial charge in [0.2, 0.25) is 11.8 Å². The van der Waals surface area contributed by atoms with Gasteiger partial charge in [0, 0.05) is 25.9 Å². The van der Waals surface area contributed by atoms with Crippen LogP contribution < -0.4 is 10.6 Å². The van der Waals surface area contributed by atoms with Crippen LogP contribution in [0.1, 0.15) is 26.7 Å². The van der Waals surface area contributed by atoms with E-state index in [1.54, 1.807) is 13.8 Å². The van der Waals surface area contributed by atoms with Crippen LogP contribution in [0.5, 0.6) is 0 Å². The molecule has 0 heterocycles. The van der Waals surface area contributed by atoms with Crippen molar-refractivity contribution >= 4 is 22.2 Å². The minimum absolute atomic E-state index is 0.0148. The molecule has 2 amide bonds. The average Bonchev–Trinajstić information content (AvgIpc) is 2.40. The van der Waals surface area contributed by atoms with Crippen LogP contribution >= 0.6 is 0 Å². The first kappa shape index (κ1) is 24.7. The van der Waals surface area contributed by atoms with Gasteiger partial charge in [-0.05, 0) is 0 Å². The van der Waals surface area contributed by atoms with Crippen molar-refractivity contribution in [1.29, 1.82) is 0 Å². The Morgan fingerprint density at radius 3 is 1.24 bits per heavy atom. The maximum absolute atomic E-state index is 10.3. The molecule has 0 radical (unpaired) electrons. The first-order valence-electron chi connectivity index (χ1n) is 6.07. The Labute approximate surface area is 124 Å². The van der Waals surface area contributed by atoms with Crippen molar-refractivity contribution in [1.82, 2.24) is 10.6 Å². The van der Waals surface area contributed by atoms with Crippen molar-refractivity contribution in [2.75, 3.05) is 26.3 Å². The van der Waals surface area contributed by atoms with E-state index in [0.29, 0.717) is 25.9 Å². The fraction of sp³-hybridized carbons (Fsp3) is 0.800. The minimum Gasteiger partial charge on any atom is -0.395 e. The van der Waals surface area contributed by atoms with E-state index in [-0.39, 0.29) is 25.0 Å². The number of aliphatic hydroxyl groups excluding tert-OH is 2. The lowest BCUT2D eigenvalue weighted by Crippen LogP contribution is -2.25. The molecule has 0 saturated heterocycles. The highest BCUT2D eigenvalue weighted by Crippen LogP contribution is 1.72. The highest BCUT2D eigenvalue weighted by Gasteiger charge is 1.91. The summed E-state index contributed by atoms with van der Waals surface area (Å²) in [5.41, 5.74) is 0. The van der Waals surface area contributed by atoms with Gasteiger partial charge < -0.3 is 20.8 Å². The molecule has 0 aromatic carbocycles. The second-order valence-electron chi connectivity index (χ2n) is 3.30. The second-order valence-corrected chi connectivity index (χ2v) is 4.20. The molecule has 0 saturated carbocycles. The van der Waals surface area contributed by atoms with Gasteiger partial charge in [-0.25, -0.2) is 0 Å². The summed E-state index contributed by atoms with van der Waals surface area (Å²) in [5.74, 6) is -0.0295. The summed E-state index contributed by atoms with van der Waals surface area (Å²) in [5, 5.41) is 21.4. The third kappa shape index (κ3) is 45.5. The van der Waals surface area contributed by atoms with E-state index in [9.17, 15) is 9.59 Å². The molecule has 0 aromatic rings. The van der Waals surface area contributed by atoms with E-state index >= 15 is 0 Å². The molecule has 128 valence electrons. The molecule has 0 bridgehead atoms. The maximum atomic E-state index is 10.3. The minimum atomic E-state index is -4.67. The normalized spacial score (nSPS) is 9.43. The van der Waals surface area contributed by atoms with E-state index < -0.39 is 10.4 Å². The molecule has 0 aliphatic heterocycles. The third-order valence-corrected chi connectivity index (χ3v) is 1.51. The quantitative estimate of drug-likeness (QED) is 0.314. The highest BCUT2D eigenvalue weighted by molar-refractivity contribution is 7.79. The Kier molecular flexibility index (Phi) is 19.8. The zero-order valence-electron chi connectivity index (χ0n) is 12.1. The highest BCUT2D eigenvalue weighted by atomic mass is 32.3. The van der Waals surface area contributed by atoms with Crippen LogP contribution in [0.4, 0.5) is 0 Å². The summed E-state index contributed by atoms with van der Waals surface area (Å²) >= 11 is 0. The van der Waals surface area contributed by atoms with Crippen LogP contribution in [0.3, 0.4) is 0 Å². The summed E-state index contributed by atoms with van der Waals surface area (Å²) in [4.78, 5) is 20.7. The van der Waals surface area contributed by atoms with Gasteiger partial charge in [-0.15, -0.1) is 0 Å². The van der Waals surface area contributed by atoms with Crippen LogP contribution in [0, 0.1) is 0 Å². The molecule has 0 aliphatic carbocycles. The molecule has 11 heteroatoms. The van der Waals surface area contributed by atoms with Crippen LogP contribution in [-0.2, 0) is 20.0 Å². The number of rotatable bonds is 6. The van der Waals surface area contributed by atoms with Gasteiger partial charge in [-0.1, -0.05) is 13.8 Å². The zero-order chi connectivity index (χ0) is 17.3. The third-order valence-electron chi connectivity index (χ3n) is 1.51. The zero-order valence-corrected chi connectivity index (χ0v) is 12.9. The van der Waals surface area contributed by atoms with Crippen LogP contribution in [-0.4, -0.2) is 65.9 Å². The number of hydrogen-bond acceptors (Lipinski definition) is 6. The van der Waals surface area contributed by atoms with Crippen molar-refractivity contribution in [3.8, 4) is 0 Å². The van der Waals surface area contributed by atoms with Gasteiger partial charge >= 0.3 is 10.4 Å². The fourth-order valence-electron chi connectivity index (χ4n) is 0.641. The predicted octanol–water partition coefficient (Wildman–Crippen LogP) is -1.64. The topological polar surface area (TPSA) is 173 Å². The average molecular weight is 332 g/mol. The van der Waals surface area contributed by atoms with E-state index in [4.69, 9.17) is 27.7 Å². The molecule has 6 N–H and O–H groups in total. The number of hydrogen-bond donors (Lipinski definition) is 6. The lowest BCUT2D eigenvalue weighted by atomic mass is 10.4. The SMILES string of the molecule is CCC(=O)NCCO.CCC(=O)NCCO.O=S(=O)(O)O. The van der Waals surface area contributed by atoms with Gasteiger partial charge in [0.05, 0.1) is 13.2 Å². The first-order valence-corrected chi connectivity index (χ1v) is 7.46. The number of carbonyl (C=O) groups is 2. The molecule has 0 aromatic heterocycles. The summed E-state index contributed by atoms with van der Waals surface area (Å²) in [7, 11) is -4.67. The van der Waals surface area contributed by atoms with Crippen LogP contribution in [0.2, 0.25) is 0 Å². The molecule has 0 spiro atoms. The summed E-state index contributed by atoms with van der Waals surface area (Å²) in [6.45, 7) is 4.32. The van der Waals surface area contributed by atoms with Gasteiger partial charge in [0.1, 0.15) is 0 Å². The van der Waals surface area contributed by atoms with Crippen molar-refractivity contribution in [2.45, 2.75) is 26.7 Å². The number of carbonyl (C=O) groups excluding carboxylic acids is 2. The van der Waals surface area contributed by atoms with Crippen molar-refractivity contribution in [2.24, 2.45) is 0 Å². The summed E-state index contributed by atoms with van der Waals surface area (Å²) in [6, 6.07) is 0. The number of nitrogens with one attached hydrogen (secondary N) is 2. The summed E-state index contributed by atoms with van der Waals surface area (Å²) in [6.07, 6.45) is 0.972. The maximum Gasteiger partial charge on any atom is 0.394 e. The first-order chi connectivity index (χ1) is 9.62. The smallest absolute Gasteiger partial charge is 0.394 e. The lowest BCUT2D eigenvalue weighted by Gasteiger charge is -1.96. The second kappa shape index (κ2) is 16.8. The molecule has 10 nitrogen and oxygen atoms in total. The van der Waals surface area contributed by atoms with E-state index in [0.717, 1.165) is 0 Å². The van der Waals surface area contributed by atoms with Crippen molar-refractivity contribution < 1.29 is 37.3 Å². The Morgan fingerprint density at radius 1 is 0.857 bits per heavy atom. The molecule has 0 aliphatic rings. The molecule has 0 fully saturated rings. The van der Waals surface area contributed by atoms with Crippen molar-refractivity contribution in [3.05, 3.63) is 0 Å². The monoisotopic (exact) mass is 332 g/mol. The molecular weight excluding hydrogens is 308 g/mol. The molecule has 0 atom stereocenters. The Hall–Kier alpha value is -1.27. The summed E-state index contributed by atoms with van der Waals surface area (Å²) < 4.78 is 31.6. The Bertz CT molecular complexity index is 330. The van der Waals surface area contributed by atoms with E-state index in [1.165, 1.54) is 0 Å². The van der Waals surface area contributed by atoms with Gasteiger partial charge in [0.15, 0.2) is 0 Å². The predicted molar refractivity (Wildman–Crippen MR) is 75.0 cm³/mol. The van der Waals surface area contributed by atoms with Gasteiger partial charge in [-0.2, -0.15) is 8.42 Å². The van der Waals surface area contributed by atoms with E-state index in [1.807, 2.05) is 0 Å². The van der Waals surface area contributed by atoms with Crippen molar-refractivity contribution in [3.63, 3.8) is 0 Å². The number of amides is 2. The Morgan fingerprint density at radius 2 is 1.10 bits per heavy atom. The fourth-order valence-corrected chi connectivity index (χ4v) is 0.641. The van der Waals surface area contributed by atoms with Gasteiger partial charge in [0.25, 0.3) is 0 Å². The molecule has 21 heavy (non-hydrogen) atoms. The van der Waals surface area contributed by atoms with Gasteiger partial charge in [-0.3, -0.25) is 18.7 Å². The van der Waals surface area contributed by atoms with E-state index in [2.05, 4.69) is 10.6 Å². The molecular formula is C10H24N2O8S. The molecule has 0 unspecified atom stereocenters. The lowest BCUT2D eigenvalue weighted by molar-refractivity contribution is -0.121. The Balaban J connectivity index is -0.000000239. The number of aliphatic hydroxyl groups is 2. The van der Waals surface area contributed by atoms with Crippen LogP contribution in [0.15, 0.2) is 0 Å². The largest absolute Gasteiger partial charge is 0.395 e. The standard InChI is InChI=1S/2C5H11NO2.H2O4S/c2*1-2-5(8)6-3-4-7;1-5(2,3)4/h2*7H,2-4H2,1H3,(H,6,8);(H2,1,2,3,4).